The van der Waals surface area contributed by atoms with Gasteiger partial charge in [-0.3, -0.25) is 0 Å². The van der Waals surface area contributed by atoms with Gasteiger partial charge in [-0.25, -0.2) is 0 Å². The lowest BCUT2D eigenvalue weighted by Gasteiger charge is -2.25. The average Bonchev–Trinajstić information content (AvgIpc) is 2.25. The normalized spacial score (nSPS) is 12.2. The van der Waals surface area contributed by atoms with Gasteiger partial charge in [-0.1, -0.05) is 39.8 Å². The summed E-state index contributed by atoms with van der Waals surface area (Å²) in [5.41, 5.74) is 1.05. The van der Waals surface area contributed by atoms with Crippen LogP contribution in [0.5, 0.6) is 5.75 Å². The van der Waals surface area contributed by atoms with Crippen molar-refractivity contribution in [2.75, 3.05) is 0 Å². The zero-order chi connectivity index (χ0) is 13.8. The standard InChI is InChI=1S/C16H26O2/c1-12(2)11-16(5,6)18-17-15-9-7-14(8-10-15)13(3)4/h7-10,12-13H,11H2,1-6H3. The van der Waals surface area contributed by atoms with E-state index < -0.39 is 0 Å². The SMILES string of the molecule is CC(C)CC(C)(C)OOc1ccc(C(C)C)cc1. The summed E-state index contributed by atoms with van der Waals surface area (Å²) >= 11 is 0. The van der Waals surface area contributed by atoms with E-state index in [1.165, 1.54) is 5.56 Å². The molecule has 18 heavy (non-hydrogen) atoms. The molecule has 0 aliphatic rings. The van der Waals surface area contributed by atoms with E-state index in [-0.39, 0.29) is 5.60 Å². The summed E-state index contributed by atoms with van der Waals surface area (Å²) < 4.78 is 0. The van der Waals surface area contributed by atoms with Crippen molar-refractivity contribution in [3.63, 3.8) is 0 Å². The molecule has 0 radical (unpaired) electrons. The molecule has 1 rings (SSSR count). The number of hydrogen-bond acceptors (Lipinski definition) is 2. The summed E-state index contributed by atoms with van der Waals surface area (Å²) in [5, 5.41) is 0. The predicted octanol–water partition coefficient (Wildman–Crippen LogP) is 4.95. The lowest BCUT2D eigenvalue weighted by Crippen LogP contribution is -2.28. The molecule has 0 aliphatic carbocycles. The largest absolute Gasteiger partial charge is 0.337 e. The van der Waals surface area contributed by atoms with E-state index in [4.69, 9.17) is 9.78 Å². The molecule has 1 aromatic carbocycles. The number of hydrogen-bond donors (Lipinski definition) is 0. The molecule has 0 unspecified atom stereocenters. The first kappa shape index (κ1) is 15.0. The fourth-order valence-electron chi connectivity index (χ4n) is 2.09. The highest BCUT2D eigenvalue weighted by Crippen LogP contribution is 2.23. The smallest absolute Gasteiger partial charge is 0.165 e. The van der Waals surface area contributed by atoms with Crippen LogP contribution in [0.25, 0.3) is 0 Å². The third-order valence-electron chi connectivity index (χ3n) is 2.81. The Kier molecular flexibility index (Phi) is 5.21. The summed E-state index contributed by atoms with van der Waals surface area (Å²) in [6.07, 6.45) is 0.969. The van der Waals surface area contributed by atoms with Gasteiger partial charge in [0.05, 0.1) is 0 Å². The van der Waals surface area contributed by atoms with Gasteiger partial charge in [-0.2, -0.15) is 4.89 Å². The molecule has 2 heteroatoms. The van der Waals surface area contributed by atoms with Gasteiger partial charge in [-0.05, 0) is 49.8 Å². The highest BCUT2D eigenvalue weighted by molar-refractivity contribution is 5.28. The second-order valence-corrected chi connectivity index (χ2v) is 6.25. The zero-order valence-electron chi connectivity index (χ0n) is 12.5. The number of rotatable bonds is 6. The Morgan fingerprint density at radius 2 is 1.56 bits per heavy atom. The first-order valence-electron chi connectivity index (χ1n) is 6.76. The number of benzene rings is 1. The Bertz CT molecular complexity index is 350. The van der Waals surface area contributed by atoms with E-state index >= 15 is 0 Å². The van der Waals surface area contributed by atoms with E-state index in [1.807, 2.05) is 12.1 Å². The summed E-state index contributed by atoms with van der Waals surface area (Å²) in [4.78, 5) is 10.9. The van der Waals surface area contributed by atoms with Gasteiger partial charge >= 0.3 is 0 Å². The van der Waals surface area contributed by atoms with Crippen molar-refractivity contribution in [1.82, 2.24) is 0 Å². The molecule has 0 heterocycles. The molecule has 0 fully saturated rings. The zero-order valence-corrected chi connectivity index (χ0v) is 12.5. The highest BCUT2D eigenvalue weighted by Gasteiger charge is 2.22. The van der Waals surface area contributed by atoms with Gasteiger partial charge in [0, 0.05) is 0 Å². The molecule has 0 bridgehead atoms. The Balaban J connectivity index is 2.53. The van der Waals surface area contributed by atoms with Gasteiger partial charge in [0.2, 0.25) is 0 Å². The van der Waals surface area contributed by atoms with Crippen molar-refractivity contribution in [2.45, 2.75) is 59.5 Å². The third kappa shape index (κ3) is 5.09. The molecule has 0 atom stereocenters. The maximum atomic E-state index is 5.53. The Morgan fingerprint density at radius 1 is 1.00 bits per heavy atom. The van der Waals surface area contributed by atoms with E-state index in [9.17, 15) is 0 Å². The first-order chi connectivity index (χ1) is 8.30. The molecular weight excluding hydrogens is 224 g/mol. The average molecular weight is 250 g/mol. The van der Waals surface area contributed by atoms with Crippen molar-refractivity contribution in [3.8, 4) is 5.75 Å². The molecule has 0 saturated carbocycles. The molecular formula is C16H26O2. The van der Waals surface area contributed by atoms with E-state index in [2.05, 4.69) is 53.7 Å². The molecule has 0 saturated heterocycles. The van der Waals surface area contributed by atoms with E-state index in [1.54, 1.807) is 0 Å². The molecule has 0 aromatic heterocycles. The lowest BCUT2D eigenvalue weighted by atomic mass is 9.97. The molecule has 1 aromatic rings. The Morgan fingerprint density at radius 3 is 2.00 bits per heavy atom. The van der Waals surface area contributed by atoms with E-state index in [0.717, 1.165) is 12.2 Å². The molecule has 0 amide bonds. The summed E-state index contributed by atoms with van der Waals surface area (Å²) in [6, 6.07) is 8.08. The topological polar surface area (TPSA) is 18.5 Å². The van der Waals surface area contributed by atoms with Crippen LogP contribution in [0.4, 0.5) is 0 Å². The van der Waals surface area contributed by atoms with Crippen LogP contribution in [0.1, 0.15) is 59.4 Å². The van der Waals surface area contributed by atoms with Crippen LogP contribution < -0.4 is 4.89 Å². The van der Waals surface area contributed by atoms with Crippen LogP contribution in [0, 0.1) is 5.92 Å². The van der Waals surface area contributed by atoms with Crippen LogP contribution in [-0.2, 0) is 4.89 Å². The van der Waals surface area contributed by atoms with Crippen LogP contribution in [0.2, 0.25) is 0 Å². The maximum Gasteiger partial charge on any atom is 0.165 e. The minimum absolute atomic E-state index is 0.259. The monoisotopic (exact) mass is 250 g/mol. The molecule has 102 valence electrons. The minimum atomic E-state index is -0.259. The van der Waals surface area contributed by atoms with Crippen molar-refractivity contribution in [1.29, 1.82) is 0 Å². The van der Waals surface area contributed by atoms with Crippen LogP contribution in [0.15, 0.2) is 24.3 Å². The predicted molar refractivity (Wildman–Crippen MR) is 75.8 cm³/mol. The van der Waals surface area contributed by atoms with Crippen LogP contribution in [0.3, 0.4) is 0 Å². The fourth-order valence-corrected chi connectivity index (χ4v) is 2.09. The van der Waals surface area contributed by atoms with Crippen molar-refractivity contribution in [3.05, 3.63) is 29.8 Å². The molecule has 0 spiro atoms. The van der Waals surface area contributed by atoms with Crippen LogP contribution >= 0.6 is 0 Å². The summed E-state index contributed by atoms with van der Waals surface area (Å²) in [7, 11) is 0. The van der Waals surface area contributed by atoms with Crippen LogP contribution in [-0.4, -0.2) is 5.60 Å². The minimum Gasteiger partial charge on any atom is -0.337 e. The maximum absolute atomic E-state index is 5.53. The summed E-state index contributed by atoms with van der Waals surface area (Å²) in [5.74, 6) is 1.89. The third-order valence-corrected chi connectivity index (χ3v) is 2.81. The van der Waals surface area contributed by atoms with Crippen molar-refractivity contribution in [2.24, 2.45) is 5.92 Å². The lowest BCUT2D eigenvalue weighted by molar-refractivity contribution is -0.284. The second-order valence-electron chi connectivity index (χ2n) is 6.25. The van der Waals surface area contributed by atoms with Gasteiger partial charge in [0.25, 0.3) is 0 Å². The quantitative estimate of drug-likeness (QED) is 0.525. The van der Waals surface area contributed by atoms with E-state index in [0.29, 0.717) is 11.8 Å². The van der Waals surface area contributed by atoms with Gasteiger partial charge in [0.1, 0.15) is 5.60 Å². The molecule has 2 nitrogen and oxygen atoms in total. The van der Waals surface area contributed by atoms with Crippen molar-refractivity contribution < 1.29 is 9.78 Å². The van der Waals surface area contributed by atoms with Gasteiger partial charge in [-0.15, -0.1) is 0 Å². The Labute approximate surface area is 111 Å². The fraction of sp³-hybridized carbons (Fsp3) is 0.625. The molecule has 0 aliphatic heterocycles. The highest BCUT2D eigenvalue weighted by atomic mass is 17.2. The second kappa shape index (κ2) is 6.24. The van der Waals surface area contributed by atoms with Gasteiger partial charge < -0.3 is 4.89 Å². The Hall–Kier alpha value is -1.02. The molecule has 0 N–H and O–H groups in total. The summed E-state index contributed by atoms with van der Waals surface area (Å²) in [6.45, 7) is 12.8. The van der Waals surface area contributed by atoms with Gasteiger partial charge in [0.15, 0.2) is 5.75 Å². The van der Waals surface area contributed by atoms with Crippen molar-refractivity contribution >= 4 is 0 Å². The first-order valence-corrected chi connectivity index (χ1v) is 6.76.